The summed E-state index contributed by atoms with van der Waals surface area (Å²) in [5.74, 6) is 0.0566. The Hall–Kier alpha value is -1.31. The van der Waals surface area contributed by atoms with Crippen LogP contribution in [0, 0.1) is 6.42 Å². The first-order valence-corrected chi connectivity index (χ1v) is 5.46. The fourth-order valence-corrected chi connectivity index (χ4v) is 1.31. The predicted molar refractivity (Wildman–Crippen MR) is 63.7 cm³/mol. The van der Waals surface area contributed by atoms with Gasteiger partial charge in [0.1, 0.15) is 0 Å². The quantitative estimate of drug-likeness (QED) is 0.784. The molecule has 1 aromatic carbocycles. The molecule has 0 atom stereocenters. The van der Waals surface area contributed by atoms with Crippen molar-refractivity contribution in [1.29, 1.82) is 0 Å². The molecule has 0 saturated heterocycles. The van der Waals surface area contributed by atoms with Gasteiger partial charge in [0.15, 0.2) is 0 Å². The van der Waals surface area contributed by atoms with Crippen molar-refractivity contribution in [2.45, 2.75) is 33.1 Å². The molecule has 0 aromatic heterocycles. The molecule has 1 N–H and O–H groups in total. The maximum absolute atomic E-state index is 11.4. The highest BCUT2D eigenvalue weighted by atomic mass is 16.1. The molecule has 0 spiro atoms. The lowest BCUT2D eigenvalue weighted by atomic mass is 10.1. The molecule has 1 rings (SSSR count). The third-order valence-corrected chi connectivity index (χ3v) is 2.26. The van der Waals surface area contributed by atoms with Crippen molar-refractivity contribution in [2.75, 3.05) is 5.32 Å². The number of aryl methyl sites for hydroxylation is 1. The standard InChI is InChI=1S/C13H18NO/c1-3-5-6-13(15)14-12-9-7-11(4-2)8-10-12/h5,7-10H,3-4,6H2,1-2H3,(H,14,15). The normalized spacial score (nSPS) is 10.0. The van der Waals surface area contributed by atoms with Gasteiger partial charge in [0.05, 0.1) is 0 Å². The molecule has 0 unspecified atom stereocenters. The Kier molecular flexibility index (Phi) is 4.88. The van der Waals surface area contributed by atoms with E-state index in [9.17, 15) is 4.79 Å². The zero-order chi connectivity index (χ0) is 11.1. The summed E-state index contributed by atoms with van der Waals surface area (Å²) in [6, 6.07) is 7.98. The van der Waals surface area contributed by atoms with Gasteiger partial charge in [-0.15, -0.1) is 0 Å². The van der Waals surface area contributed by atoms with Crippen LogP contribution < -0.4 is 5.32 Å². The van der Waals surface area contributed by atoms with Gasteiger partial charge in [-0.1, -0.05) is 32.4 Å². The summed E-state index contributed by atoms with van der Waals surface area (Å²) in [5.41, 5.74) is 2.16. The predicted octanol–water partition coefficient (Wildman–Crippen LogP) is 3.19. The SMILES string of the molecule is CC[CH]CC(=O)Nc1ccc(CC)cc1. The molecule has 1 amide bonds. The van der Waals surface area contributed by atoms with E-state index in [2.05, 4.69) is 12.2 Å². The Morgan fingerprint density at radius 2 is 1.93 bits per heavy atom. The number of carbonyl (C=O) groups is 1. The van der Waals surface area contributed by atoms with Gasteiger partial charge in [-0.3, -0.25) is 4.79 Å². The van der Waals surface area contributed by atoms with E-state index in [0.717, 1.165) is 18.5 Å². The zero-order valence-corrected chi connectivity index (χ0v) is 9.42. The minimum atomic E-state index is 0.0566. The van der Waals surface area contributed by atoms with Crippen molar-refractivity contribution in [3.05, 3.63) is 36.2 Å². The highest BCUT2D eigenvalue weighted by Gasteiger charge is 2.00. The molecule has 0 aliphatic rings. The minimum Gasteiger partial charge on any atom is -0.326 e. The molecule has 0 heterocycles. The van der Waals surface area contributed by atoms with Crippen LogP contribution in [0.25, 0.3) is 0 Å². The van der Waals surface area contributed by atoms with E-state index in [1.165, 1.54) is 5.56 Å². The van der Waals surface area contributed by atoms with E-state index in [1.807, 2.05) is 37.6 Å². The molecule has 0 fully saturated rings. The van der Waals surface area contributed by atoms with Crippen LogP contribution in [0.5, 0.6) is 0 Å². The Labute approximate surface area is 91.7 Å². The van der Waals surface area contributed by atoms with Crippen LogP contribution in [-0.2, 0) is 11.2 Å². The molecule has 0 aliphatic heterocycles. The lowest BCUT2D eigenvalue weighted by molar-refractivity contribution is -0.115. The fourth-order valence-electron chi connectivity index (χ4n) is 1.31. The van der Waals surface area contributed by atoms with E-state index < -0.39 is 0 Å². The number of nitrogens with one attached hydrogen (secondary N) is 1. The number of rotatable bonds is 5. The summed E-state index contributed by atoms with van der Waals surface area (Å²) in [4.78, 5) is 11.4. The van der Waals surface area contributed by atoms with Gasteiger partial charge in [-0.25, -0.2) is 0 Å². The van der Waals surface area contributed by atoms with Crippen LogP contribution in [0.4, 0.5) is 5.69 Å². The smallest absolute Gasteiger partial charge is 0.224 e. The molecule has 2 nitrogen and oxygen atoms in total. The zero-order valence-electron chi connectivity index (χ0n) is 9.42. The van der Waals surface area contributed by atoms with Crippen molar-refractivity contribution < 1.29 is 4.79 Å². The Morgan fingerprint density at radius 1 is 1.27 bits per heavy atom. The van der Waals surface area contributed by atoms with Crippen LogP contribution >= 0.6 is 0 Å². The van der Waals surface area contributed by atoms with Crippen molar-refractivity contribution in [3.8, 4) is 0 Å². The molecular formula is C13H18NO. The van der Waals surface area contributed by atoms with Gasteiger partial charge in [0.25, 0.3) is 0 Å². The van der Waals surface area contributed by atoms with E-state index in [0.29, 0.717) is 6.42 Å². The topological polar surface area (TPSA) is 29.1 Å². The highest BCUT2D eigenvalue weighted by Crippen LogP contribution is 2.10. The molecule has 15 heavy (non-hydrogen) atoms. The molecule has 1 radical (unpaired) electrons. The number of hydrogen-bond acceptors (Lipinski definition) is 1. The average Bonchev–Trinajstić information content (AvgIpc) is 2.27. The van der Waals surface area contributed by atoms with Gasteiger partial charge in [-0.2, -0.15) is 0 Å². The lowest BCUT2D eigenvalue weighted by Crippen LogP contribution is -2.10. The van der Waals surface area contributed by atoms with Gasteiger partial charge < -0.3 is 5.32 Å². The van der Waals surface area contributed by atoms with Crippen molar-refractivity contribution in [3.63, 3.8) is 0 Å². The van der Waals surface area contributed by atoms with E-state index in [-0.39, 0.29) is 5.91 Å². The number of hydrogen-bond donors (Lipinski definition) is 1. The number of benzene rings is 1. The Bertz CT molecular complexity index is 303. The lowest BCUT2D eigenvalue weighted by Gasteiger charge is -2.05. The van der Waals surface area contributed by atoms with Crippen molar-refractivity contribution in [2.24, 2.45) is 0 Å². The van der Waals surface area contributed by atoms with Crippen molar-refractivity contribution >= 4 is 11.6 Å². The number of amides is 1. The summed E-state index contributed by atoms with van der Waals surface area (Å²) in [6.45, 7) is 4.15. The number of carbonyl (C=O) groups excluding carboxylic acids is 1. The first-order chi connectivity index (χ1) is 7.26. The van der Waals surface area contributed by atoms with Gasteiger partial charge in [-0.05, 0) is 30.5 Å². The van der Waals surface area contributed by atoms with E-state index in [1.54, 1.807) is 0 Å². The first-order valence-electron chi connectivity index (χ1n) is 5.46. The van der Waals surface area contributed by atoms with E-state index in [4.69, 9.17) is 0 Å². The minimum absolute atomic E-state index is 0.0566. The molecule has 81 valence electrons. The fraction of sp³-hybridized carbons (Fsp3) is 0.385. The number of unbranched alkanes of at least 4 members (excludes halogenated alkanes) is 1. The average molecular weight is 204 g/mol. The highest BCUT2D eigenvalue weighted by molar-refractivity contribution is 5.91. The summed E-state index contributed by atoms with van der Waals surface area (Å²) < 4.78 is 0. The summed E-state index contributed by atoms with van der Waals surface area (Å²) in [6.07, 6.45) is 4.42. The van der Waals surface area contributed by atoms with Crippen LogP contribution in [0.2, 0.25) is 0 Å². The second-order valence-corrected chi connectivity index (χ2v) is 3.50. The molecule has 2 heteroatoms. The molecular weight excluding hydrogens is 186 g/mol. The van der Waals surface area contributed by atoms with Crippen LogP contribution in [0.1, 0.15) is 32.3 Å². The van der Waals surface area contributed by atoms with Crippen LogP contribution in [0.3, 0.4) is 0 Å². The van der Waals surface area contributed by atoms with Gasteiger partial charge >= 0.3 is 0 Å². The molecule has 1 aromatic rings. The van der Waals surface area contributed by atoms with Crippen molar-refractivity contribution in [1.82, 2.24) is 0 Å². The van der Waals surface area contributed by atoms with Gasteiger partial charge in [0.2, 0.25) is 5.91 Å². The monoisotopic (exact) mass is 204 g/mol. The molecule has 0 aliphatic carbocycles. The van der Waals surface area contributed by atoms with Crippen LogP contribution in [-0.4, -0.2) is 5.91 Å². The molecule has 0 saturated carbocycles. The summed E-state index contributed by atoms with van der Waals surface area (Å²) in [5, 5.41) is 2.86. The third kappa shape index (κ3) is 4.15. The number of anilines is 1. The summed E-state index contributed by atoms with van der Waals surface area (Å²) >= 11 is 0. The first kappa shape index (κ1) is 11.8. The molecule has 0 bridgehead atoms. The maximum atomic E-state index is 11.4. The Morgan fingerprint density at radius 3 is 2.47 bits per heavy atom. The van der Waals surface area contributed by atoms with E-state index >= 15 is 0 Å². The third-order valence-electron chi connectivity index (χ3n) is 2.26. The second kappa shape index (κ2) is 6.23. The van der Waals surface area contributed by atoms with Gasteiger partial charge in [0, 0.05) is 12.1 Å². The van der Waals surface area contributed by atoms with Crippen LogP contribution in [0.15, 0.2) is 24.3 Å². The second-order valence-electron chi connectivity index (χ2n) is 3.50. The Balaban J connectivity index is 2.46. The summed E-state index contributed by atoms with van der Waals surface area (Å²) in [7, 11) is 0. The maximum Gasteiger partial charge on any atom is 0.224 e. The largest absolute Gasteiger partial charge is 0.326 e.